The summed E-state index contributed by atoms with van der Waals surface area (Å²) in [5.41, 5.74) is -0.504. The van der Waals surface area contributed by atoms with E-state index in [0.717, 1.165) is 6.07 Å². The summed E-state index contributed by atoms with van der Waals surface area (Å²) in [7, 11) is -4.09. The van der Waals surface area contributed by atoms with Gasteiger partial charge >= 0.3 is 0 Å². The van der Waals surface area contributed by atoms with E-state index in [-0.39, 0.29) is 0 Å². The molecule has 9 nitrogen and oxygen atoms in total. The zero-order valence-corrected chi connectivity index (χ0v) is 13.1. The Bertz CT molecular complexity index is 762. The summed E-state index contributed by atoms with van der Waals surface area (Å²) in [6, 6.07) is 2.98. The summed E-state index contributed by atoms with van der Waals surface area (Å²) in [6.45, 7) is 1.54. The molecule has 2 N–H and O–H groups in total. The van der Waals surface area contributed by atoms with E-state index in [1.807, 2.05) is 0 Å². The molecule has 1 atom stereocenters. The van der Waals surface area contributed by atoms with Crippen molar-refractivity contribution in [3.63, 3.8) is 0 Å². The molecule has 1 aromatic carbocycles. The number of halogens is 1. The molecule has 0 aliphatic rings. The molecule has 1 heterocycles. The van der Waals surface area contributed by atoms with Gasteiger partial charge in [0.1, 0.15) is 12.2 Å². The molecule has 1 unspecified atom stereocenters. The highest BCUT2D eigenvalue weighted by Crippen LogP contribution is 2.28. The number of aromatic amines is 1. The fourth-order valence-corrected chi connectivity index (χ4v) is 3.55. The van der Waals surface area contributed by atoms with Crippen LogP contribution in [0.3, 0.4) is 0 Å². The van der Waals surface area contributed by atoms with E-state index in [2.05, 4.69) is 35.8 Å². The van der Waals surface area contributed by atoms with Gasteiger partial charge in [0.05, 0.1) is 11.0 Å². The minimum absolute atomic E-state index is 0.302. The van der Waals surface area contributed by atoms with E-state index in [9.17, 15) is 18.5 Å². The molecule has 0 amide bonds. The monoisotopic (exact) mass is 375 g/mol. The lowest BCUT2D eigenvalue weighted by Crippen LogP contribution is -2.28. The predicted octanol–water partition coefficient (Wildman–Crippen LogP) is 1.51. The van der Waals surface area contributed by atoms with Crippen LogP contribution >= 0.6 is 15.9 Å². The van der Waals surface area contributed by atoms with Gasteiger partial charge in [-0.2, -0.15) is 5.10 Å². The molecule has 0 aliphatic carbocycles. The summed E-state index contributed by atoms with van der Waals surface area (Å²) in [5.74, 6) is 0.302. The Morgan fingerprint density at radius 3 is 2.76 bits per heavy atom. The molecule has 112 valence electrons. The van der Waals surface area contributed by atoms with E-state index in [1.54, 1.807) is 6.92 Å². The van der Waals surface area contributed by atoms with Crippen LogP contribution in [0.5, 0.6) is 0 Å². The van der Waals surface area contributed by atoms with Crippen LogP contribution in [-0.4, -0.2) is 28.5 Å². The zero-order valence-electron chi connectivity index (χ0n) is 10.6. The summed E-state index contributed by atoms with van der Waals surface area (Å²) >= 11 is 3.10. The fourth-order valence-electron chi connectivity index (χ4n) is 1.63. The van der Waals surface area contributed by atoms with Gasteiger partial charge < -0.3 is 0 Å². The molecule has 1 aromatic heterocycles. The van der Waals surface area contributed by atoms with Crippen LogP contribution in [0, 0.1) is 10.1 Å². The molecule has 2 rings (SSSR count). The Balaban J connectivity index is 2.40. The average Bonchev–Trinajstić information content (AvgIpc) is 2.91. The number of H-pyrrole nitrogens is 1. The highest BCUT2D eigenvalue weighted by atomic mass is 79.9. The number of hydrogen-bond acceptors (Lipinski definition) is 6. The van der Waals surface area contributed by atoms with Gasteiger partial charge in [0.25, 0.3) is 5.69 Å². The van der Waals surface area contributed by atoms with Gasteiger partial charge in [0, 0.05) is 10.5 Å². The van der Waals surface area contributed by atoms with Gasteiger partial charge in [-0.25, -0.2) is 18.1 Å². The second-order valence-corrected chi connectivity index (χ2v) is 6.68. The second-order valence-electron chi connectivity index (χ2n) is 4.08. The summed E-state index contributed by atoms with van der Waals surface area (Å²) in [5, 5.41) is 17.1. The van der Waals surface area contributed by atoms with Gasteiger partial charge in [0.2, 0.25) is 10.0 Å². The molecule has 0 saturated carbocycles. The molecule has 11 heteroatoms. The van der Waals surface area contributed by atoms with E-state index in [0.29, 0.717) is 10.3 Å². The van der Waals surface area contributed by atoms with Gasteiger partial charge in [-0.1, -0.05) is 15.9 Å². The quantitative estimate of drug-likeness (QED) is 0.601. The molecule has 0 radical (unpaired) electrons. The van der Waals surface area contributed by atoms with E-state index >= 15 is 0 Å². The molecule has 0 saturated heterocycles. The van der Waals surface area contributed by atoms with Crippen molar-refractivity contribution in [1.82, 2.24) is 19.9 Å². The second kappa shape index (κ2) is 5.87. The number of hydrogen-bond donors (Lipinski definition) is 2. The van der Waals surface area contributed by atoms with Crippen molar-refractivity contribution in [2.24, 2.45) is 0 Å². The molecule has 0 bridgehead atoms. The van der Waals surface area contributed by atoms with Crippen LogP contribution in [0.15, 0.2) is 33.9 Å². The van der Waals surface area contributed by atoms with Crippen molar-refractivity contribution in [3.8, 4) is 0 Å². The van der Waals surface area contributed by atoms with Crippen molar-refractivity contribution in [2.45, 2.75) is 17.9 Å². The largest absolute Gasteiger partial charge is 0.289 e. The SMILES string of the molecule is CC(NS(=O)(=O)c1cc(Br)ccc1[N+](=O)[O-])c1ncn[nH]1. The number of nitrogens with zero attached hydrogens (tertiary/aromatic N) is 3. The third kappa shape index (κ3) is 3.43. The number of nitro benzene ring substituents is 1. The van der Waals surface area contributed by atoms with E-state index in [4.69, 9.17) is 0 Å². The lowest BCUT2D eigenvalue weighted by molar-refractivity contribution is -0.387. The van der Waals surface area contributed by atoms with Crippen LogP contribution < -0.4 is 4.72 Å². The van der Waals surface area contributed by atoms with Crippen LogP contribution in [0.25, 0.3) is 0 Å². The first-order chi connectivity index (χ1) is 9.81. The number of benzene rings is 1. The van der Waals surface area contributed by atoms with Crippen molar-refractivity contribution in [3.05, 3.63) is 44.9 Å². The van der Waals surface area contributed by atoms with Crippen molar-refractivity contribution >= 4 is 31.6 Å². The normalized spacial score (nSPS) is 13.0. The Labute approximate surface area is 128 Å². The Hall–Kier alpha value is -1.85. The maximum absolute atomic E-state index is 12.3. The van der Waals surface area contributed by atoms with E-state index in [1.165, 1.54) is 18.5 Å². The predicted molar refractivity (Wildman–Crippen MR) is 75.9 cm³/mol. The molecule has 21 heavy (non-hydrogen) atoms. The topological polar surface area (TPSA) is 131 Å². The fraction of sp³-hybridized carbons (Fsp3) is 0.200. The lowest BCUT2D eigenvalue weighted by Gasteiger charge is -2.12. The molecular weight excluding hydrogens is 366 g/mol. The third-order valence-electron chi connectivity index (χ3n) is 2.58. The summed E-state index contributed by atoms with van der Waals surface area (Å²) in [6.07, 6.45) is 1.24. The lowest BCUT2D eigenvalue weighted by atomic mass is 10.3. The van der Waals surface area contributed by atoms with Crippen molar-refractivity contribution in [2.75, 3.05) is 0 Å². The first-order valence-corrected chi connectivity index (χ1v) is 7.90. The summed E-state index contributed by atoms with van der Waals surface area (Å²) < 4.78 is 27.4. The highest BCUT2D eigenvalue weighted by Gasteiger charge is 2.28. The minimum atomic E-state index is -4.09. The molecule has 2 aromatic rings. The molecule has 0 fully saturated rings. The van der Waals surface area contributed by atoms with Gasteiger partial charge in [-0.3, -0.25) is 15.2 Å². The first-order valence-electron chi connectivity index (χ1n) is 5.63. The zero-order chi connectivity index (χ0) is 15.6. The number of nitro groups is 1. The smallest absolute Gasteiger partial charge is 0.262 e. The number of rotatable bonds is 5. The van der Waals surface area contributed by atoms with Gasteiger partial charge in [-0.05, 0) is 19.1 Å². The Morgan fingerprint density at radius 1 is 1.48 bits per heavy atom. The van der Waals surface area contributed by atoms with Crippen LogP contribution in [0.4, 0.5) is 5.69 Å². The standard InChI is InChI=1S/C10H10BrN5O4S/c1-6(10-12-5-13-14-10)15-21(19,20)9-4-7(11)2-3-8(9)16(17)18/h2-6,15H,1H3,(H,12,13,14). The molecular formula is C10H10BrN5O4S. The van der Waals surface area contributed by atoms with Crippen LogP contribution in [0.2, 0.25) is 0 Å². The number of nitrogens with one attached hydrogen (secondary N) is 2. The third-order valence-corrected chi connectivity index (χ3v) is 4.65. The maximum Gasteiger partial charge on any atom is 0.289 e. The van der Waals surface area contributed by atoms with Crippen LogP contribution in [-0.2, 0) is 10.0 Å². The van der Waals surface area contributed by atoms with Crippen molar-refractivity contribution < 1.29 is 13.3 Å². The van der Waals surface area contributed by atoms with E-state index < -0.39 is 31.6 Å². The van der Waals surface area contributed by atoms with Crippen LogP contribution in [0.1, 0.15) is 18.8 Å². The first kappa shape index (κ1) is 15.5. The average molecular weight is 376 g/mol. The molecule has 0 spiro atoms. The van der Waals surface area contributed by atoms with Gasteiger partial charge in [-0.15, -0.1) is 0 Å². The number of aromatic nitrogens is 3. The maximum atomic E-state index is 12.3. The summed E-state index contributed by atoms with van der Waals surface area (Å²) in [4.78, 5) is 13.6. The Morgan fingerprint density at radius 2 is 2.19 bits per heavy atom. The van der Waals surface area contributed by atoms with Gasteiger partial charge in [0.15, 0.2) is 4.90 Å². The van der Waals surface area contributed by atoms with Crippen molar-refractivity contribution in [1.29, 1.82) is 0 Å². The Kier molecular flexibility index (Phi) is 4.34. The molecule has 0 aliphatic heterocycles. The highest BCUT2D eigenvalue weighted by molar-refractivity contribution is 9.10. The number of sulfonamides is 1. The minimum Gasteiger partial charge on any atom is -0.262 e.